The molecular formula is C22H24ClNO5. The number of carbonyl (C=O) groups excluding carboxylic acids is 3. The van der Waals surface area contributed by atoms with Crippen molar-refractivity contribution in [2.45, 2.75) is 32.9 Å². The van der Waals surface area contributed by atoms with Crippen molar-refractivity contribution in [2.75, 3.05) is 6.61 Å². The minimum absolute atomic E-state index is 0.0855. The number of rotatable bonds is 9. The van der Waals surface area contributed by atoms with E-state index in [0.717, 1.165) is 5.56 Å². The molecule has 0 fully saturated rings. The molecule has 0 spiro atoms. The van der Waals surface area contributed by atoms with Crippen molar-refractivity contribution in [3.8, 4) is 0 Å². The molecule has 0 aromatic heterocycles. The third kappa shape index (κ3) is 7.23. The molecule has 0 aliphatic heterocycles. The number of hydrogen-bond acceptors (Lipinski definition) is 5. The lowest BCUT2D eigenvalue weighted by Crippen LogP contribution is -2.46. The topological polar surface area (TPSA) is 81.7 Å². The number of benzene rings is 2. The first kappa shape index (κ1) is 22.4. The molecule has 0 bridgehead atoms. The van der Waals surface area contributed by atoms with E-state index < -0.39 is 24.7 Å². The van der Waals surface area contributed by atoms with Crippen molar-refractivity contribution < 1.29 is 23.9 Å². The average Bonchev–Trinajstić information content (AvgIpc) is 2.74. The molecular weight excluding hydrogens is 394 g/mol. The van der Waals surface area contributed by atoms with E-state index in [-0.39, 0.29) is 18.3 Å². The number of carbonyl (C=O) groups is 3. The lowest BCUT2D eigenvalue weighted by atomic mass is 9.99. The van der Waals surface area contributed by atoms with Gasteiger partial charge in [0.1, 0.15) is 12.6 Å². The van der Waals surface area contributed by atoms with Gasteiger partial charge < -0.3 is 14.8 Å². The molecule has 6 nitrogen and oxygen atoms in total. The molecule has 0 aliphatic rings. The molecule has 29 heavy (non-hydrogen) atoms. The normalized spacial score (nSPS) is 12.5. The number of amides is 1. The number of Topliss-reactive ketones (excluding diaryl/α,β-unsaturated/α-hetero) is 1. The molecule has 1 amide bonds. The maximum atomic E-state index is 12.5. The summed E-state index contributed by atoms with van der Waals surface area (Å²) in [5.74, 6) is -1.27. The summed E-state index contributed by atoms with van der Waals surface area (Å²) in [5.41, 5.74) is 1.18. The minimum atomic E-state index is -0.921. The van der Waals surface area contributed by atoms with E-state index in [1.54, 1.807) is 18.2 Å². The van der Waals surface area contributed by atoms with Crippen LogP contribution in [0, 0.1) is 5.92 Å². The Morgan fingerprint density at radius 3 is 2.41 bits per heavy atom. The van der Waals surface area contributed by atoms with E-state index in [9.17, 15) is 14.4 Å². The fraction of sp³-hybridized carbons (Fsp3) is 0.318. The second-order valence-electron chi connectivity index (χ2n) is 6.61. The Bertz CT molecular complexity index is 840. The Morgan fingerprint density at radius 1 is 1.03 bits per heavy atom. The van der Waals surface area contributed by atoms with Gasteiger partial charge in [-0.25, -0.2) is 9.59 Å². The van der Waals surface area contributed by atoms with Crippen LogP contribution in [-0.2, 0) is 20.9 Å². The van der Waals surface area contributed by atoms with Crippen LogP contribution in [0.5, 0.6) is 0 Å². The van der Waals surface area contributed by atoms with Crippen LogP contribution in [0.25, 0.3) is 0 Å². The second-order valence-corrected chi connectivity index (χ2v) is 7.05. The quantitative estimate of drug-likeness (QED) is 0.482. The number of nitrogens with one attached hydrogen (secondary N) is 1. The molecule has 0 unspecified atom stereocenters. The summed E-state index contributed by atoms with van der Waals surface area (Å²) >= 11 is 5.87. The van der Waals surface area contributed by atoms with Crippen LogP contribution in [0.1, 0.15) is 36.2 Å². The Balaban J connectivity index is 1.91. The first-order chi connectivity index (χ1) is 13.9. The zero-order valence-electron chi connectivity index (χ0n) is 16.4. The van der Waals surface area contributed by atoms with E-state index in [0.29, 0.717) is 17.0 Å². The van der Waals surface area contributed by atoms with Gasteiger partial charge in [0.15, 0.2) is 12.4 Å². The van der Waals surface area contributed by atoms with Gasteiger partial charge in [-0.2, -0.15) is 0 Å². The first-order valence-corrected chi connectivity index (χ1v) is 9.71. The van der Waals surface area contributed by atoms with Crippen LogP contribution in [0.2, 0.25) is 5.02 Å². The smallest absolute Gasteiger partial charge is 0.408 e. The van der Waals surface area contributed by atoms with Gasteiger partial charge in [-0.05, 0) is 23.6 Å². The van der Waals surface area contributed by atoms with E-state index in [1.165, 1.54) is 6.07 Å². The summed E-state index contributed by atoms with van der Waals surface area (Å²) in [6, 6.07) is 14.7. The average molecular weight is 418 g/mol. The third-order valence-electron chi connectivity index (χ3n) is 4.45. The van der Waals surface area contributed by atoms with Crippen LogP contribution < -0.4 is 5.32 Å². The number of alkyl carbamates (subject to hydrolysis) is 1. The Labute approximate surface area is 175 Å². The largest absolute Gasteiger partial charge is 0.456 e. The SMILES string of the molecule is CC[C@@H](C)[C@H](NC(=O)OCc1ccccc1)C(=O)OCC(=O)c1cccc(Cl)c1. The van der Waals surface area contributed by atoms with Crippen molar-refractivity contribution >= 4 is 29.4 Å². The van der Waals surface area contributed by atoms with E-state index in [2.05, 4.69) is 5.32 Å². The number of esters is 1. The fourth-order valence-electron chi connectivity index (χ4n) is 2.53. The molecule has 7 heteroatoms. The number of ketones is 1. The lowest BCUT2D eigenvalue weighted by molar-refractivity contribution is -0.146. The maximum absolute atomic E-state index is 12.5. The highest BCUT2D eigenvalue weighted by atomic mass is 35.5. The number of halogens is 1. The molecule has 2 atom stereocenters. The highest BCUT2D eigenvalue weighted by Crippen LogP contribution is 2.13. The highest BCUT2D eigenvalue weighted by molar-refractivity contribution is 6.31. The molecule has 2 rings (SSSR count). The van der Waals surface area contributed by atoms with Crippen molar-refractivity contribution in [1.29, 1.82) is 0 Å². The van der Waals surface area contributed by atoms with E-state index >= 15 is 0 Å². The molecule has 0 radical (unpaired) electrons. The Morgan fingerprint density at radius 2 is 1.76 bits per heavy atom. The first-order valence-electron chi connectivity index (χ1n) is 9.33. The van der Waals surface area contributed by atoms with Crippen molar-refractivity contribution in [3.63, 3.8) is 0 Å². The Kier molecular flexibility index (Phi) is 8.68. The zero-order valence-corrected chi connectivity index (χ0v) is 17.1. The van der Waals surface area contributed by atoms with Crippen LogP contribution in [0.15, 0.2) is 54.6 Å². The second kappa shape index (κ2) is 11.2. The Hall–Kier alpha value is -2.86. The maximum Gasteiger partial charge on any atom is 0.408 e. The van der Waals surface area contributed by atoms with E-state index in [4.69, 9.17) is 21.1 Å². The van der Waals surface area contributed by atoms with Crippen LogP contribution >= 0.6 is 11.6 Å². The fourth-order valence-corrected chi connectivity index (χ4v) is 2.72. The van der Waals surface area contributed by atoms with Gasteiger partial charge in [0.05, 0.1) is 0 Å². The summed E-state index contributed by atoms with van der Waals surface area (Å²) in [7, 11) is 0. The third-order valence-corrected chi connectivity index (χ3v) is 4.68. The molecule has 0 aliphatic carbocycles. The number of ether oxygens (including phenoxy) is 2. The van der Waals surface area contributed by atoms with Crippen molar-refractivity contribution in [3.05, 3.63) is 70.7 Å². The van der Waals surface area contributed by atoms with Crippen LogP contribution in [-0.4, -0.2) is 30.5 Å². The minimum Gasteiger partial charge on any atom is -0.456 e. The van der Waals surface area contributed by atoms with Gasteiger partial charge in [-0.1, -0.05) is 74.3 Å². The van der Waals surface area contributed by atoms with Gasteiger partial charge in [-0.3, -0.25) is 4.79 Å². The summed E-state index contributed by atoms with van der Waals surface area (Å²) in [5, 5.41) is 2.96. The molecule has 1 N–H and O–H groups in total. The molecule has 2 aromatic carbocycles. The molecule has 0 saturated heterocycles. The highest BCUT2D eigenvalue weighted by Gasteiger charge is 2.28. The summed E-state index contributed by atoms with van der Waals surface area (Å²) in [6.07, 6.45) is -0.0988. The summed E-state index contributed by atoms with van der Waals surface area (Å²) in [4.78, 5) is 36.8. The van der Waals surface area contributed by atoms with Crippen molar-refractivity contribution in [2.24, 2.45) is 5.92 Å². The van der Waals surface area contributed by atoms with Crippen LogP contribution in [0.3, 0.4) is 0 Å². The molecule has 2 aromatic rings. The van der Waals surface area contributed by atoms with Gasteiger partial charge in [-0.15, -0.1) is 0 Å². The van der Waals surface area contributed by atoms with Gasteiger partial charge in [0, 0.05) is 10.6 Å². The van der Waals surface area contributed by atoms with Gasteiger partial charge in [0.25, 0.3) is 0 Å². The monoisotopic (exact) mass is 417 g/mol. The summed E-state index contributed by atoms with van der Waals surface area (Å²) in [6.45, 7) is 3.34. The lowest BCUT2D eigenvalue weighted by Gasteiger charge is -2.22. The van der Waals surface area contributed by atoms with Crippen LogP contribution in [0.4, 0.5) is 4.79 Å². The molecule has 154 valence electrons. The summed E-state index contributed by atoms with van der Waals surface area (Å²) < 4.78 is 10.3. The molecule has 0 heterocycles. The molecule has 0 saturated carbocycles. The predicted molar refractivity (Wildman–Crippen MR) is 110 cm³/mol. The van der Waals surface area contributed by atoms with Crippen molar-refractivity contribution in [1.82, 2.24) is 5.32 Å². The zero-order chi connectivity index (χ0) is 21.2. The van der Waals surface area contributed by atoms with Gasteiger partial charge >= 0.3 is 12.1 Å². The predicted octanol–water partition coefficient (Wildman–Crippen LogP) is 4.41. The standard InChI is InChI=1S/C22H24ClNO5/c1-3-15(2)20(24-22(27)29-13-16-8-5-4-6-9-16)21(26)28-14-19(25)17-10-7-11-18(23)12-17/h4-12,15,20H,3,13-14H2,1-2H3,(H,24,27)/t15-,20+/m1/s1. The van der Waals surface area contributed by atoms with E-state index in [1.807, 2.05) is 44.2 Å². The van der Waals surface area contributed by atoms with Gasteiger partial charge in [0.2, 0.25) is 0 Å². The number of hydrogen-bond donors (Lipinski definition) is 1.